The molecule has 0 amide bonds. The highest BCUT2D eigenvalue weighted by Gasteiger charge is 2.41. The van der Waals surface area contributed by atoms with Crippen LogP contribution in [0.1, 0.15) is 67.7 Å². The summed E-state index contributed by atoms with van der Waals surface area (Å²) in [6, 6.07) is 6.55. The van der Waals surface area contributed by atoms with Gasteiger partial charge in [-0.15, -0.1) is 0 Å². The van der Waals surface area contributed by atoms with E-state index < -0.39 is 0 Å². The van der Waals surface area contributed by atoms with Crippen molar-refractivity contribution in [2.24, 2.45) is 10.9 Å². The molecule has 2 atom stereocenters. The molecule has 0 bridgehead atoms. The van der Waals surface area contributed by atoms with Crippen LogP contribution >= 0.6 is 0 Å². The Morgan fingerprint density at radius 1 is 1.22 bits per heavy atom. The topological polar surface area (TPSA) is 67.3 Å². The van der Waals surface area contributed by atoms with E-state index in [1.54, 1.807) is 0 Å². The van der Waals surface area contributed by atoms with E-state index >= 15 is 0 Å². The SMILES string of the molecule is CCCC1=Nc2[nH]ncc2C(c2cccc3c2CCCC3)C1C(=O)OCC. The van der Waals surface area contributed by atoms with Crippen LogP contribution in [-0.2, 0) is 22.4 Å². The molecule has 142 valence electrons. The van der Waals surface area contributed by atoms with Crippen LogP contribution in [0.3, 0.4) is 0 Å². The molecule has 27 heavy (non-hydrogen) atoms. The zero-order chi connectivity index (χ0) is 18.8. The van der Waals surface area contributed by atoms with Gasteiger partial charge >= 0.3 is 5.97 Å². The highest BCUT2D eigenvalue weighted by molar-refractivity contribution is 6.06. The molecule has 1 aromatic carbocycles. The second kappa shape index (κ2) is 7.67. The van der Waals surface area contributed by atoms with Crippen molar-refractivity contribution in [2.45, 2.75) is 58.3 Å². The van der Waals surface area contributed by atoms with Gasteiger partial charge < -0.3 is 4.74 Å². The van der Waals surface area contributed by atoms with Crippen LogP contribution in [0.25, 0.3) is 0 Å². The Morgan fingerprint density at radius 3 is 2.89 bits per heavy atom. The fourth-order valence-corrected chi connectivity index (χ4v) is 4.61. The normalized spacial score (nSPS) is 21.2. The number of ether oxygens (including phenoxy) is 1. The summed E-state index contributed by atoms with van der Waals surface area (Å²) < 4.78 is 5.49. The third-order valence-electron chi connectivity index (χ3n) is 5.74. The number of aryl methyl sites for hydroxylation is 1. The molecule has 2 aliphatic rings. The number of nitrogens with one attached hydrogen (secondary N) is 1. The molecule has 4 rings (SSSR count). The van der Waals surface area contributed by atoms with Gasteiger partial charge in [-0.05, 0) is 55.7 Å². The van der Waals surface area contributed by atoms with Crippen LogP contribution in [-0.4, -0.2) is 28.5 Å². The van der Waals surface area contributed by atoms with Gasteiger partial charge in [-0.1, -0.05) is 31.5 Å². The fourth-order valence-electron chi connectivity index (χ4n) is 4.61. The molecule has 0 spiro atoms. The lowest BCUT2D eigenvalue weighted by atomic mass is 9.72. The zero-order valence-corrected chi connectivity index (χ0v) is 16.1. The molecule has 0 fully saturated rings. The Morgan fingerprint density at radius 2 is 2.07 bits per heavy atom. The first-order valence-corrected chi connectivity index (χ1v) is 10.1. The predicted octanol–water partition coefficient (Wildman–Crippen LogP) is 4.49. The van der Waals surface area contributed by atoms with Crippen molar-refractivity contribution in [1.29, 1.82) is 0 Å². The monoisotopic (exact) mass is 365 g/mol. The van der Waals surface area contributed by atoms with Crippen molar-refractivity contribution in [2.75, 3.05) is 6.61 Å². The lowest BCUT2D eigenvalue weighted by Gasteiger charge is -2.33. The van der Waals surface area contributed by atoms with Gasteiger partial charge in [-0.3, -0.25) is 9.89 Å². The standard InChI is InChI=1S/C22H27N3O2/c1-3-8-18-20(22(26)27-4-2)19(17-13-23-25-21(17)24-18)16-12-7-10-14-9-5-6-11-15(14)16/h7,10,12-13,19-20H,3-6,8-9,11H2,1-2H3,(H,23,25). The summed E-state index contributed by atoms with van der Waals surface area (Å²) in [6.07, 6.45) is 8.20. The van der Waals surface area contributed by atoms with Crippen molar-refractivity contribution in [3.63, 3.8) is 0 Å². The number of fused-ring (bicyclic) bond motifs is 2. The lowest BCUT2D eigenvalue weighted by Crippen LogP contribution is -2.35. The number of carbonyl (C=O) groups excluding carboxylic acids is 1. The van der Waals surface area contributed by atoms with Crippen LogP contribution < -0.4 is 0 Å². The molecule has 2 unspecified atom stereocenters. The number of nitrogens with zero attached hydrogens (tertiary/aromatic N) is 2. The first-order valence-electron chi connectivity index (χ1n) is 10.1. The molecule has 1 aliphatic carbocycles. The van der Waals surface area contributed by atoms with Crippen LogP contribution in [0.4, 0.5) is 5.82 Å². The van der Waals surface area contributed by atoms with E-state index in [0.29, 0.717) is 6.61 Å². The average molecular weight is 365 g/mol. The summed E-state index contributed by atoms with van der Waals surface area (Å²) in [7, 11) is 0. The predicted molar refractivity (Wildman–Crippen MR) is 106 cm³/mol. The molecular weight excluding hydrogens is 338 g/mol. The van der Waals surface area contributed by atoms with Crippen LogP contribution in [0.15, 0.2) is 29.4 Å². The largest absolute Gasteiger partial charge is 0.465 e. The molecule has 5 nitrogen and oxygen atoms in total. The Bertz CT molecular complexity index is 868. The van der Waals surface area contributed by atoms with Crippen molar-refractivity contribution in [3.05, 3.63) is 46.6 Å². The number of hydrogen-bond donors (Lipinski definition) is 1. The number of benzene rings is 1. The Balaban J connectivity index is 1.88. The fraction of sp³-hybridized carbons (Fsp3) is 0.500. The van der Waals surface area contributed by atoms with Gasteiger partial charge in [0.15, 0.2) is 5.82 Å². The van der Waals surface area contributed by atoms with E-state index in [-0.39, 0.29) is 17.8 Å². The summed E-state index contributed by atoms with van der Waals surface area (Å²) in [4.78, 5) is 17.8. The maximum atomic E-state index is 13.0. The second-order valence-corrected chi connectivity index (χ2v) is 7.43. The molecule has 0 saturated heterocycles. The molecular formula is C22H27N3O2. The molecule has 0 saturated carbocycles. The van der Waals surface area contributed by atoms with Gasteiger partial charge in [0.1, 0.15) is 5.92 Å². The minimum absolute atomic E-state index is 0.0788. The van der Waals surface area contributed by atoms with Gasteiger partial charge in [0.2, 0.25) is 0 Å². The molecule has 1 aromatic heterocycles. The maximum Gasteiger partial charge on any atom is 0.315 e. The van der Waals surface area contributed by atoms with Gasteiger partial charge in [0.25, 0.3) is 0 Å². The Hall–Kier alpha value is -2.43. The van der Waals surface area contributed by atoms with Gasteiger partial charge in [-0.25, -0.2) is 4.99 Å². The zero-order valence-electron chi connectivity index (χ0n) is 16.1. The van der Waals surface area contributed by atoms with Crippen molar-refractivity contribution in [1.82, 2.24) is 10.2 Å². The van der Waals surface area contributed by atoms with Crippen molar-refractivity contribution < 1.29 is 9.53 Å². The Labute approximate surface area is 160 Å². The third-order valence-corrected chi connectivity index (χ3v) is 5.74. The number of rotatable bonds is 5. The minimum atomic E-state index is -0.372. The van der Waals surface area contributed by atoms with E-state index in [4.69, 9.17) is 9.73 Å². The number of aliphatic imine (C=N–C) groups is 1. The van der Waals surface area contributed by atoms with Gasteiger partial charge in [-0.2, -0.15) is 5.10 Å². The average Bonchev–Trinajstić information content (AvgIpc) is 3.15. The van der Waals surface area contributed by atoms with E-state index in [0.717, 1.165) is 42.8 Å². The minimum Gasteiger partial charge on any atom is -0.465 e. The van der Waals surface area contributed by atoms with E-state index in [1.807, 2.05) is 13.1 Å². The number of aromatic amines is 1. The Kier molecular flexibility index (Phi) is 5.10. The van der Waals surface area contributed by atoms with Crippen molar-refractivity contribution >= 4 is 17.5 Å². The number of hydrogen-bond acceptors (Lipinski definition) is 4. The van der Waals surface area contributed by atoms with E-state index in [1.165, 1.54) is 29.5 Å². The molecule has 1 N–H and O–H groups in total. The van der Waals surface area contributed by atoms with Crippen LogP contribution in [0, 0.1) is 5.92 Å². The summed E-state index contributed by atoms with van der Waals surface area (Å²) >= 11 is 0. The molecule has 2 heterocycles. The third kappa shape index (κ3) is 3.20. The number of esters is 1. The molecule has 5 heteroatoms. The summed E-state index contributed by atoms with van der Waals surface area (Å²) in [5.74, 6) is 0.167. The molecule has 0 radical (unpaired) electrons. The lowest BCUT2D eigenvalue weighted by molar-refractivity contribution is -0.146. The second-order valence-electron chi connectivity index (χ2n) is 7.43. The van der Waals surface area contributed by atoms with E-state index in [2.05, 4.69) is 35.3 Å². The molecule has 1 aliphatic heterocycles. The smallest absolute Gasteiger partial charge is 0.315 e. The maximum absolute atomic E-state index is 13.0. The quantitative estimate of drug-likeness (QED) is 0.794. The van der Waals surface area contributed by atoms with Crippen molar-refractivity contribution in [3.8, 4) is 0 Å². The van der Waals surface area contributed by atoms with E-state index in [9.17, 15) is 4.79 Å². The van der Waals surface area contributed by atoms with Gasteiger partial charge in [0, 0.05) is 17.2 Å². The summed E-state index contributed by atoms with van der Waals surface area (Å²) in [5.41, 5.74) is 5.99. The van der Waals surface area contributed by atoms with Gasteiger partial charge in [0.05, 0.1) is 12.8 Å². The first-order chi connectivity index (χ1) is 13.2. The number of carbonyl (C=O) groups is 1. The van der Waals surface area contributed by atoms with Crippen LogP contribution in [0.2, 0.25) is 0 Å². The molecule has 2 aromatic rings. The summed E-state index contributed by atoms with van der Waals surface area (Å²) in [6.45, 7) is 4.36. The highest BCUT2D eigenvalue weighted by Crippen LogP contribution is 2.45. The number of H-pyrrole nitrogens is 1. The van der Waals surface area contributed by atoms with Crippen LogP contribution in [0.5, 0.6) is 0 Å². The highest BCUT2D eigenvalue weighted by atomic mass is 16.5. The summed E-state index contributed by atoms with van der Waals surface area (Å²) in [5, 5.41) is 7.27. The first kappa shape index (κ1) is 18.0. The number of aromatic nitrogens is 2.